The van der Waals surface area contributed by atoms with Gasteiger partial charge in [0.2, 0.25) is 0 Å². The second-order valence-corrected chi connectivity index (χ2v) is 2.39. The standard InChI is InChI=1S/C6H10N4O4/c7-13-9(11)5-1-2-6(4-3-5)10(12)14-8/h1-4,9-10H,7-8H2. The van der Waals surface area contributed by atoms with E-state index in [2.05, 4.69) is 21.7 Å². The Labute approximate surface area is 79.2 Å². The van der Waals surface area contributed by atoms with Gasteiger partial charge in [0.25, 0.3) is 0 Å². The van der Waals surface area contributed by atoms with Crippen molar-refractivity contribution in [1.82, 2.24) is 0 Å². The number of benzene rings is 1. The van der Waals surface area contributed by atoms with Crippen LogP contribution in [0.25, 0.3) is 0 Å². The minimum absolute atomic E-state index is 0.237. The van der Waals surface area contributed by atoms with Crippen LogP contribution in [0.3, 0.4) is 0 Å². The van der Waals surface area contributed by atoms with E-state index in [0.717, 1.165) is 0 Å². The van der Waals surface area contributed by atoms with E-state index in [9.17, 15) is 10.4 Å². The van der Waals surface area contributed by atoms with E-state index in [0.29, 0.717) is 0 Å². The molecule has 0 fully saturated rings. The summed E-state index contributed by atoms with van der Waals surface area (Å²) in [5.41, 5.74) is 0.474. The molecular formula is C6H10N4O4. The van der Waals surface area contributed by atoms with Crippen LogP contribution in [0.2, 0.25) is 0 Å². The molecule has 0 spiro atoms. The molecule has 0 saturated heterocycles. The van der Waals surface area contributed by atoms with Crippen molar-refractivity contribution in [3.05, 3.63) is 34.7 Å². The number of nitrogens with one attached hydrogen (secondary N) is 2. The van der Waals surface area contributed by atoms with Crippen LogP contribution in [-0.2, 0) is 9.88 Å². The highest BCUT2D eigenvalue weighted by Crippen LogP contribution is 2.05. The van der Waals surface area contributed by atoms with Crippen LogP contribution in [0, 0.1) is 10.4 Å². The van der Waals surface area contributed by atoms with Gasteiger partial charge in [-0.2, -0.15) is 22.2 Å². The van der Waals surface area contributed by atoms with Crippen LogP contribution < -0.4 is 22.2 Å². The first kappa shape index (κ1) is 11.0. The van der Waals surface area contributed by atoms with Gasteiger partial charge in [0.15, 0.2) is 11.4 Å². The van der Waals surface area contributed by atoms with Gasteiger partial charge in [-0.1, -0.05) is 0 Å². The normalized spacial score (nSPS) is 15.1. The van der Waals surface area contributed by atoms with Crippen molar-refractivity contribution < 1.29 is 20.3 Å². The van der Waals surface area contributed by atoms with Crippen molar-refractivity contribution in [1.29, 1.82) is 0 Å². The van der Waals surface area contributed by atoms with Crippen molar-refractivity contribution in [3.8, 4) is 0 Å². The molecule has 0 saturated carbocycles. The summed E-state index contributed by atoms with van der Waals surface area (Å²) in [6, 6.07) is 5.51. The molecule has 0 amide bonds. The summed E-state index contributed by atoms with van der Waals surface area (Å²) in [5, 5.41) is 20.4. The molecule has 0 aliphatic carbocycles. The second-order valence-electron chi connectivity index (χ2n) is 2.39. The third kappa shape index (κ3) is 2.45. The quantitative estimate of drug-likeness (QED) is 0.394. The lowest BCUT2D eigenvalue weighted by Gasteiger charge is -2.17. The Morgan fingerprint density at radius 3 is 1.36 bits per heavy atom. The smallest absolute Gasteiger partial charge is 0.166 e. The predicted octanol–water partition coefficient (Wildman–Crippen LogP) is -2.67. The Bertz CT molecular complexity index is 251. The summed E-state index contributed by atoms with van der Waals surface area (Å²) < 4.78 is 0. The topological polar surface area (TPSA) is 126 Å². The zero-order valence-corrected chi connectivity index (χ0v) is 7.10. The van der Waals surface area contributed by atoms with E-state index >= 15 is 0 Å². The van der Waals surface area contributed by atoms with Crippen molar-refractivity contribution in [2.75, 3.05) is 0 Å². The monoisotopic (exact) mass is 202 g/mol. The predicted molar refractivity (Wildman–Crippen MR) is 45.0 cm³/mol. The van der Waals surface area contributed by atoms with E-state index in [-0.39, 0.29) is 11.4 Å². The van der Waals surface area contributed by atoms with Gasteiger partial charge in [0.05, 0.1) is 0 Å². The molecule has 0 aromatic heterocycles. The fourth-order valence-corrected chi connectivity index (χ4v) is 0.878. The van der Waals surface area contributed by atoms with Gasteiger partial charge in [0.1, 0.15) is 0 Å². The van der Waals surface area contributed by atoms with E-state index in [1.165, 1.54) is 24.3 Å². The summed E-state index contributed by atoms with van der Waals surface area (Å²) in [5.74, 6) is 9.33. The molecule has 6 N–H and O–H groups in total. The summed E-state index contributed by atoms with van der Waals surface area (Å²) in [4.78, 5) is 7.97. The number of hydrogen-bond donors (Lipinski definition) is 4. The molecule has 1 aromatic rings. The van der Waals surface area contributed by atoms with Crippen LogP contribution in [0.4, 0.5) is 11.4 Å². The molecule has 1 rings (SSSR count). The first-order chi connectivity index (χ1) is 6.69. The Kier molecular flexibility index (Phi) is 3.88. The average Bonchev–Trinajstić information content (AvgIpc) is 2.27. The number of hydrogen-bond acceptors (Lipinski definition) is 6. The molecule has 0 aliphatic rings. The summed E-state index contributed by atoms with van der Waals surface area (Å²) in [7, 11) is 0. The number of nitrogens with two attached hydrogens (primary N) is 2. The minimum atomic E-state index is -0.683. The molecule has 0 bridgehead atoms. The van der Waals surface area contributed by atoms with E-state index in [1.807, 2.05) is 0 Å². The van der Waals surface area contributed by atoms with Crippen LogP contribution in [0.15, 0.2) is 24.3 Å². The van der Waals surface area contributed by atoms with Crippen molar-refractivity contribution in [2.45, 2.75) is 0 Å². The third-order valence-corrected chi connectivity index (χ3v) is 1.57. The average molecular weight is 202 g/mol. The molecule has 0 radical (unpaired) electrons. The third-order valence-electron chi connectivity index (χ3n) is 1.57. The molecule has 0 aliphatic heterocycles. The van der Waals surface area contributed by atoms with Gasteiger partial charge < -0.3 is 10.4 Å². The first-order valence-electron chi connectivity index (χ1n) is 3.61. The van der Waals surface area contributed by atoms with Crippen LogP contribution in [0.1, 0.15) is 0 Å². The highest BCUT2D eigenvalue weighted by Gasteiger charge is 2.06. The zero-order valence-electron chi connectivity index (χ0n) is 7.10. The lowest BCUT2D eigenvalue weighted by Crippen LogP contribution is -3.02. The molecule has 78 valence electrons. The lowest BCUT2D eigenvalue weighted by atomic mass is 10.3. The van der Waals surface area contributed by atoms with Gasteiger partial charge in [-0.15, -0.1) is 9.88 Å². The molecule has 8 nitrogen and oxygen atoms in total. The van der Waals surface area contributed by atoms with E-state index in [4.69, 9.17) is 0 Å². The molecule has 1 aromatic carbocycles. The maximum absolute atomic E-state index is 10.9. The first-order valence-corrected chi connectivity index (χ1v) is 3.61. The van der Waals surface area contributed by atoms with Gasteiger partial charge in [0, 0.05) is 24.3 Å². The zero-order chi connectivity index (χ0) is 10.6. The van der Waals surface area contributed by atoms with Crippen LogP contribution in [0.5, 0.6) is 0 Å². The summed E-state index contributed by atoms with van der Waals surface area (Å²) in [6.45, 7) is 0. The maximum atomic E-state index is 10.9. The van der Waals surface area contributed by atoms with Gasteiger partial charge in [-0.25, -0.2) is 0 Å². The fourth-order valence-electron chi connectivity index (χ4n) is 0.878. The Balaban J connectivity index is 2.78. The SMILES string of the molecule is NO[NH+]([O-])c1ccc([NH+]([O-])ON)cc1. The molecule has 0 heterocycles. The lowest BCUT2D eigenvalue weighted by molar-refractivity contribution is -1.00. The van der Waals surface area contributed by atoms with E-state index < -0.39 is 10.5 Å². The largest absolute Gasteiger partial charge is 0.593 e. The highest BCUT2D eigenvalue weighted by atomic mass is 16.9. The van der Waals surface area contributed by atoms with Crippen molar-refractivity contribution in [2.24, 2.45) is 11.8 Å². The van der Waals surface area contributed by atoms with Crippen molar-refractivity contribution in [3.63, 3.8) is 0 Å². The molecule has 2 atom stereocenters. The van der Waals surface area contributed by atoms with Gasteiger partial charge >= 0.3 is 0 Å². The van der Waals surface area contributed by atoms with Gasteiger partial charge in [-0.05, 0) is 0 Å². The molecule has 14 heavy (non-hydrogen) atoms. The Morgan fingerprint density at radius 2 is 1.14 bits per heavy atom. The molecular weight excluding hydrogens is 192 g/mol. The summed E-state index contributed by atoms with van der Waals surface area (Å²) in [6.07, 6.45) is 0. The molecule has 2 unspecified atom stereocenters. The van der Waals surface area contributed by atoms with Crippen LogP contribution in [-0.4, -0.2) is 0 Å². The molecule has 8 heteroatoms. The Morgan fingerprint density at radius 1 is 0.857 bits per heavy atom. The van der Waals surface area contributed by atoms with E-state index in [1.54, 1.807) is 0 Å². The fraction of sp³-hybridized carbons (Fsp3) is 0. The van der Waals surface area contributed by atoms with Crippen LogP contribution >= 0.6 is 0 Å². The number of rotatable bonds is 4. The minimum Gasteiger partial charge on any atom is -0.593 e. The van der Waals surface area contributed by atoms with Gasteiger partial charge in [-0.3, -0.25) is 0 Å². The van der Waals surface area contributed by atoms with Crippen molar-refractivity contribution >= 4 is 11.4 Å². The summed E-state index contributed by atoms with van der Waals surface area (Å²) >= 11 is 0. The highest BCUT2D eigenvalue weighted by molar-refractivity contribution is 5.39. The Hall–Kier alpha value is -1.10. The maximum Gasteiger partial charge on any atom is 0.166 e. The second kappa shape index (κ2) is 4.95. The number of quaternary nitrogens is 2.